The van der Waals surface area contributed by atoms with E-state index in [2.05, 4.69) is 5.32 Å². The highest BCUT2D eigenvalue weighted by Gasteiger charge is 2.39. The minimum absolute atomic E-state index is 0.123. The molecule has 3 atom stereocenters. The third-order valence-electron chi connectivity index (χ3n) is 3.31. The molecule has 0 saturated carbocycles. The van der Waals surface area contributed by atoms with Crippen molar-refractivity contribution in [2.75, 3.05) is 33.0 Å². The van der Waals surface area contributed by atoms with Crippen molar-refractivity contribution < 1.29 is 24.2 Å². The summed E-state index contributed by atoms with van der Waals surface area (Å²) in [4.78, 5) is 24.9. The highest BCUT2D eigenvalue weighted by atomic mass is 16.5. The molecule has 3 unspecified atom stereocenters. The Labute approximate surface area is 119 Å². The summed E-state index contributed by atoms with van der Waals surface area (Å²) in [6, 6.07) is -0.819. The van der Waals surface area contributed by atoms with Gasteiger partial charge in [-0.05, 0) is 20.8 Å². The quantitative estimate of drug-likeness (QED) is 0.714. The smallest absolute Gasteiger partial charge is 0.318 e. The minimum atomic E-state index is -0.930. The van der Waals surface area contributed by atoms with Gasteiger partial charge in [0.05, 0.1) is 31.9 Å². The van der Waals surface area contributed by atoms with Crippen LogP contribution < -0.4 is 5.32 Å². The standard InChI is InChI=1S/C13H24N2O5/c1-4-15(11-8-20-7-10(11)12(16)17)13(18)14-9(3)6-19-5-2/h9-11H,4-8H2,1-3H3,(H,14,18)(H,16,17). The van der Waals surface area contributed by atoms with Gasteiger partial charge < -0.3 is 24.8 Å². The number of carboxylic acid groups (broad SMARTS) is 1. The maximum Gasteiger partial charge on any atom is 0.318 e. The lowest BCUT2D eigenvalue weighted by Crippen LogP contribution is -2.52. The first-order chi connectivity index (χ1) is 9.51. The van der Waals surface area contributed by atoms with Gasteiger partial charge in [0.25, 0.3) is 0 Å². The molecule has 1 saturated heterocycles. The predicted molar refractivity (Wildman–Crippen MR) is 72.6 cm³/mol. The second-order valence-corrected chi connectivity index (χ2v) is 4.85. The van der Waals surface area contributed by atoms with Gasteiger partial charge in [0, 0.05) is 13.2 Å². The van der Waals surface area contributed by atoms with E-state index in [4.69, 9.17) is 14.6 Å². The van der Waals surface area contributed by atoms with Crippen molar-refractivity contribution in [2.45, 2.75) is 32.9 Å². The Morgan fingerprint density at radius 3 is 2.70 bits per heavy atom. The van der Waals surface area contributed by atoms with Crippen molar-refractivity contribution in [1.29, 1.82) is 0 Å². The van der Waals surface area contributed by atoms with Crippen LogP contribution in [0.2, 0.25) is 0 Å². The van der Waals surface area contributed by atoms with Crippen LogP contribution in [0.4, 0.5) is 4.79 Å². The number of urea groups is 1. The van der Waals surface area contributed by atoms with Crippen molar-refractivity contribution >= 4 is 12.0 Å². The van der Waals surface area contributed by atoms with E-state index in [1.807, 2.05) is 20.8 Å². The Hall–Kier alpha value is -1.34. The average Bonchev–Trinajstić information content (AvgIpc) is 2.86. The second kappa shape index (κ2) is 8.06. The van der Waals surface area contributed by atoms with E-state index in [0.29, 0.717) is 19.8 Å². The van der Waals surface area contributed by atoms with Crippen LogP contribution in [0.5, 0.6) is 0 Å². The van der Waals surface area contributed by atoms with E-state index in [1.54, 1.807) is 0 Å². The molecule has 0 aromatic carbocycles. The summed E-state index contributed by atoms with van der Waals surface area (Å²) >= 11 is 0. The normalized spacial score (nSPS) is 23.4. The molecule has 0 spiro atoms. The first kappa shape index (κ1) is 16.7. The molecule has 2 amide bonds. The number of amides is 2. The minimum Gasteiger partial charge on any atom is -0.481 e. The zero-order valence-electron chi connectivity index (χ0n) is 12.3. The zero-order chi connectivity index (χ0) is 15.1. The molecule has 1 aliphatic heterocycles. The van der Waals surface area contributed by atoms with Gasteiger partial charge in [0.2, 0.25) is 0 Å². The van der Waals surface area contributed by atoms with Crippen LogP contribution in [0.1, 0.15) is 20.8 Å². The van der Waals surface area contributed by atoms with Gasteiger partial charge in [-0.15, -0.1) is 0 Å². The molecule has 0 aromatic heterocycles. The summed E-state index contributed by atoms with van der Waals surface area (Å²) in [7, 11) is 0. The molecule has 2 N–H and O–H groups in total. The Bertz CT molecular complexity index is 337. The van der Waals surface area contributed by atoms with E-state index in [9.17, 15) is 9.59 Å². The fourth-order valence-electron chi connectivity index (χ4n) is 2.24. The van der Waals surface area contributed by atoms with Crippen molar-refractivity contribution in [3.63, 3.8) is 0 Å². The van der Waals surface area contributed by atoms with Crippen LogP contribution in [-0.4, -0.2) is 67.1 Å². The molecule has 20 heavy (non-hydrogen) atoms. The van der Waals surface area contributed by atoms with E-state index >= 15 is 0 Å². The highest BCUT2D eigenvalue weighted by Crippen LogP contribution is 2.20. The van der Waals surface area contributed by atoms with Crippen LogP contribution in [0, 0.1) is 5.92 Å². The third-order valence-corrected chi connectivity index (χ3v) is 3.31. The molecule has 7 nitrogen and oxygen atoms in total. The maximum atomic E-state index is 12.2. The Morgan fingerprint density at radius 1 is 1.45 bits per heavy atom. The monoisotopic (exact) mass is 288 g/mol. The molecular weight excluding hydrogens is 264 g/mol. The molecule has 0 aliphatic carbocycles. The number of rotatable bonds is 7. The number of carboxylic acids is 1. The average molecular weight is 288 g/mol. The van der Waals surface area contributed by atoms with Crippen LogP contribution in [0.3, 0.4) is 0 Å². The fraction of sp³-hybridized carbons (Fsp3) is 0.846. The number of aliphatic carboxylic acids is 1. The summed E-state index contributed by atoms with van der Waals surface area (Å²) < 4.78 is 10.4. The van der Waals surface area contributed by atoms with Gasteiger partial charge in [-0.2, -0.15) is 0 Å². The Morgan fingerprint density at radius 2 is 2.15 bits per heavy atom. The summed E-state index contributed by atoms with van der Waals surface area (Å²) in [5.74, 6) is -1.59. The Balaban J connectivity index is 2.60. The summed E-state index contributed by atoms with van der Waals surface area (Å²) in [5.41, 5.74) is 0. The van der Waals surface area contributed by atoms with Gasteiger partial charge in [0.15, 0.2) is 0 Å². The lowest BCUT2D eigenvalue weighted by Gasteiger charge is -2.30. The largest absolute Gasteiger partial charge is 0.481 e. The van der Waals surface area contributed by atoms with Crippen LogP contribution in [0.25, 0.3) is 0 Å². The molecule has 1 aliphatic rings. The van der Waals surface area contributed by atoms with E-state index in [1.165, 1.54) is 4.90 Å². The van der Waals surface area contributed by atoms with Crippen LogP contribution in [0.15, 0.2) is 0 Å². The number of likely N-dealkylation sites (N-methyl/N-ethyl adjacent to an activating group) is 1. The predicted octanol–water partition coefficient (Wildman–Crippen LogP) is 0.543. The van der Waals surface area contributed by atoms with Crippen molar-refractivity contribution in [3.05, 3.63) is 0 Å². The number of nitrogens with one attached hydrogen (secondary N) is 1. The first-order valence-electron chi connectivity index (χ1n) is 6.96. The number of hydrogen-bond acceptors (Lipinski definition) is 4. The lowest BCUT2D eigenvalue weighted by molar-refractivity contribution is -0.142. The number of hydrogen-bond donors (Lipinski definition) is 2. The zero-order valence-corrected chi connectivity index (χ0v) is 12.3. The van der Waals surface area contributed by atoms with Crippen LogP contribution in [-0.2, 0) is 14.3 Å². The second-order valence-electron chi connectivity index (χ2n) is 4.85. The lowest BCUT2D eigenvalue weighted by atomic mass is 10.0. The van der Waals surface area contributed by atoms with E-state index < -0.39 is 17.9 Å². The molecular formula is C13H24N2O5. The van der Waals surface area contributed by atoms with Gasteiger partial charge in [-0.25, -0.2) is 4.79 Å². The van der Waals surface area contributed by atoms with Gasteiger partial charge in [0.1, 0.15) is 5.92 Å². The Kier molecular flexibility index (Phi) is 6.74. The fourth-order valence-corrected chi connectivity index (χ4v) is 2.24. The third kappa shape index (κ3) is 4.35. The van der Waals surface area contributed by atoms with Gasteiger partial charge in [-0.3, -0.25) is 4.79 Å². The van der Waals surface area contributed by atoms with E-state index in [-0.39, 0.29) is 25.3 Å². The molecule has 0 radical (unpaired) electrons. The summed E-state index contributed by atoms with van der Waals surface area (Å²) in [6.45, 7) is 7.44. The van der Waals surface area contributed by atoms with Crippen molar-refractivity contribution in [2.24, 2.45) is 5.92 Å². The maximum absolute atomic E-state index is 12.2. The number of carbonyl (C=O) groups is 2. The molecule has 116 valence electrons. The summed E-state index contributed by atoms with van der Waals surface area (Å²) in [6.07, 6.45) is 0. The van der Waals surface area contributed by atoms with Crippen LogP contribution >= 0.6 is 0 Å². The summed E-state index contributed by atoms with van der Waals surface area (Å²) in [5, 5.41) is 12.0. The number of ether oxygens (including phenoxy) is 2. The SMILES string of the molecule is CCOCC(C)NC(=O)N(CC)C1COCC1C(=O)O. The molecule has 1 rings (SSSR count). The first-order valence-corrected chi connectivity index (χ1v) is 6.96. The van der Waals surface area contributed by atoms with E-state index in [0.717, 1.165) is 0 Å². The molecule has 1 fully saturated rings. The molecule has 1 heterocycles. The topological polar surface area (TPSA) is 88.1 Å². The molecule has 0 bridgehead atoms. The number of nitrogens with zero attached hydrogens (tertiary/aromatic N) is 1. The van der Waals surface area contributed by atoms with Crippen molar-refractivity contribution in [3.8, 4) is 0 Å². The van der Waals surface area contributed by atoms with Gasteiger partial charge >= 0.3 is 12.0 Å². The molecule has 0 aromatic rings. The van der Waals surface area contributed by atoms with Crippen molar-refractivity contribution in [1.82, 2.24) is 10.2 Å². The molecule has 7 heteroatoms. The number of carbonyl (C=O) groups excluding carboxylic acids is 1. The van der Waals surface area contributed by atoms with Gasteiger partial charge in [-0.1, -0.05) is 0 Å². The highest BCUT2D eigenvalue weighted by molar-refractivity contribution is 5.77.